The van der Waals surface area contributed by atoms with Crippen molar-refractivity contribution in [2.45, 2.75) is 31.8 Å². The minimum absolute atomic E-state index is 0.220. The van der Waals surface area contributed by atoms with Gasteiger partial charge in [0.25, 0.3) is 0 Å². The number of benzene rings is 2. The minimum atomic E-state index is -1.36. The van der Waals surface area contributed by atoms with Crippen molar-refractivity contribution in [2.24, 2.45) is 5.92 Å². The Kier molecular flexibility index (Phi) is 5.21. The van der Waals surface area contributed by atoms with Gasteiger partial charge >= 0.3 is 5.97 Å². The van der Waals surface area contributed by atoms with Gasteiger partial charge in [0.2, 0.25) is 5.91 Å². The zero-order valence-electron chi connectivity index (χ0n) is 14.5. The Morgan fingerprint density at radius 2 is 1.74 bits per heavy atom. The molecule has 27 heavy (non-hydrogen) atoms. The highest BCUT2D eigenvalue weighted by Gasteiger charge is 2.45. The number of carbonyl (C=O) groups excluding carboxylic acids is 1. The number of likely N-dealkylation sites (tertiary alicyclic amines) is 1. The van der Waals surface area contributed by atoms with Gasteiger partial charge in [0.15, 0.2) is 11.6 Å². The van der Waals surface area contributed by atoms with Gasteiger partial charge in [-0.25, -0.2) is 13.2 Å². The molecule has 0 radical (unpaired) electrons. The summed E-state index contributed by atoms with van der Waals surface area (Å²) in [5.41, 5.74) is 0.542. The lowest BCUT2D eigenvalue weighted by Gasteiger charge is -2.42. The number of halogens is 3. The highest BCUT2D eigenvalue weighted by Crippen LogP contribution is 2.40. The SMILES string of the molecule is CC1C(C(=O)O)C(c2cc(F)c(F)cc2F)CC(=O)N1Cc1ccccc1. The van der Waals surface area contributed by atoms with Crippen LogP contribution in [-0.4, -0.2) is 27.9 Å². The Morgan fingerprint density at radius 3 is 2.37 bits per heavy atom. The molecule has 1 aliphatic rings. The first-order valence-electron chi connectivity index (χ1n) is 8.50. The van der Waals surface area contributed by atoms with Gasteiger partial charge in [0.1, 0.15) is 5.82 Å². The maximum Gasteiger partial charge on any atom is 0.309 e. The second-order valence-electron chi connectivity index (χ2n) is 6.71. The zero-order valence-corrected chi connectivity index (χ0v) is 14.5. The zero-order chi connectivity index (χ0) is 19.7. The number of rotatable bonds is 4. The van der Waals surface area contributed by atoms with Crippen LogP contribution in [-0.2, 0) is 16.1 Å². The van der Waals surface area contributed by atoms with Crippen LogP contribution in [0, 0.1) is 23.4 Å². The largest absolute Gasteiger partial charge is 0.481 e. The van der Waals surface area contributed by atoms with Crippen molar-refractivity contribution in [3.63, 3.8) is 0 Å². The summed E-state index contributed by atoms with van der Waals surface area (Å²) in [5.74, 6) is -7.49. The van der Waals surface area contributed by atoms with E-state index in [0.717, 1.165) is 5.56 Å². The van der Waals surface area contributed by atoms with E-state index in [9.17, 15) is 27.9 Å². The summed E-state index contributed by atoms with van der Waals surface area (Å²) in [6, 6.07) is 9.36. The molecule has 3 atom stereocenters. The molecule has 2 aromatic carbocycles. The van der Waals surface area contributed by atoms with Crippen molar-refractivity contribution < 1.29 is 27.9 Å². The number of carbonyl (C=O) groups is 2. The van der Waals surface area contributed by atoms with Crippen molar-refractivity contribution in [2.75, 3.05) is 0 Å². The van der Waals surface area contributed by atoms with Crippen LogP contribution in [0.3, 0.4) is 0 Å². The third-order valence-electron chi connectivity index (χ3n) is 5.08. The van der Waals surface area contributed by atoms with E-state index in [4.69, 9.17) is 0 Å². The number of hydrogen-bond donors (Lipinski definition) is 1. The highest BCUT2D eigenvalue weighted by atomic mass is 19.2. The van der Waals surface area contributed by atoms with Crippen molar-refractivity contribution in [3.8, 4) is 0 Å². The lowest BCUT2D eigenvalue weighted by Crippen LogP contribution is -2.52. The number of piperidine rings is 1. The lowest BCUT2D eigenvalue weighted by atomic mass is 9.75. The van der Waals surface area contributed by atoms with Gasteiger partial charge in [-0.05, 0) is 24.1 Å². The van der Waals surface area contributed by atoms with E-state index in [1.54, 1.807) is 6.92 Å². The average molecular weight is 377 g/mol. The fourth-order valence-electron chi connectivity index (χ4n) is 3.71. The summed E-state index contributed by atoms with van der Waals surface area (Å²) in [7, 11) is 0. The standard InChI is InChI=1S/C20H18F3NO3/c1-11-19(20(26)27)14(13-7-16(22)17(23)9-15(13)21)8-18(25)24(11)10-12-5-3-2-4-6-12/h2-7,9,11,14,19H,8,10H2,1H3,(H,26,27). The Labute approximate surface area is 154 Å². The van der Waals surface area contributed by atoms with E-state index in [2.05, 4.69) is 0 Å². The molecule has 3 rings (SSSR count). The van der Waals surface area contributed by atoms with Gasteiger partial charge in [-0.2, -0.15) is 0 Å². The maximum atomic E-state index is 14.2. The van der Waals surface area contributed by atoms with E-state index in [0.29, 0.717) is 12.1 Å². The van der Waals surface area contributed by atoms with Crippen LogP contribution in [0.15, 0.2) is 42.5 Å². The Morgan fingerprint density at radius 1 is 1.11 bits per heavy atom. The van der Waals surface area contributed by atoms with Crippen LogP contribution in [0.5, 0.6) is 0 Å². The number of nitrogens with zero attached hydrogens (tertiary/aromatic N) is 1. The van der Waals surface area contributed by atoms with Crippen molar-refractivity contribution in [1.29, 1.82) is 0 Å². The molecule has 0 saturated carbocycles. The van der Waals surface area contributed by atoms with Crippen molar-refractivity contribution in [1.82, 2.24) is 4.90 Å². The second-order valence-corrected chi connectivity index (χ2v) is 6.71. The summed E-state index contributed by atoms with van der Waals surface area (Å²) >= 11 is 0. The van der Waals surface area contributed by atoms with Gasteiger partial charge in [-0.3, -0.25) is 9.59 Å². The van der Waals surface area contributed by atoms with Gasteiger partial charge in [-0.1, -0.05) is 30.3 Å². The van der Waals surface area contributed by atoms with Crippen LogP contribution >= 0.6 is 0 Å². The molecule has 2 aromatic rings. The quantitative estimate of drug-likeness (QED) is 0.827. The molecule has 1 aliphatic heterocycles. The molecule has 1 fully saturated rings. The number of carboxylic acids is 1. The third-order valence-corrected chi connectivity index (χ3v) is 5.08. The van der Waals surface area contributed by atoms with E-state index in [1.807, 2.05) is 30.3 Å². The third kappa shape index (κ3) is 3.67. The highest BCUT2D eigenvalue weighted by molar-refractivity contribution is 5.83. The number of hydrogen-bond acceptors (Lipinski definition) is 2. The van der Waals surface area contributed by atoms with Crippen LogP contribution in [0.4, 0.5) is 13.2 Å². The van der Waals surface area contributed by atoms with Crippen LogP contribution < -0.4 is 0 Å². The molecule has 1 saturated heterocycles. The van der Waals surface area contributed by atoms with Crippen LogP contribution in [0.2, 0.25) is 0 Å². The van der Waals surface area contributed by atoms with Crippen LogP contribution in [0.25, 0.3) is 0 Å². The summed E-state index contributed by atoms with van der Waals surface area (Å²) in [6.45, 7) is 1.79. The maximum absolute atomic E-state index is 14.2. The number of aliphatic carboxylic acids is 1. The Bertz CT molecular complexity index is 872. The summed E-state index contributed by atoms with van der Waals surface area (Å²) in [4.78, 5) is 26.0. The normalized spacial score (nSPS) is 22.7. The van der Waals surface area contributed by atoms with Gasteiger partial charge in [0, 0.05) is 31.0 Å². The molecule has 4 nitrogen and oxygen atoms in total. The molecule has 0 spiro atoms. The molecule has 142 valence electrons. The first-order valence-corrected chi connectivity index (χ1v) is 8.50. The molecule has 1 amide bonds. The molecule has 0 bridgehead atoms. The first kappa shape index (κ1) is 18.9. The summed E-state index contributed by atoms with van der Waals surface area (Å²) in [6.07, 6.45) is -0.296. The molecule has 0 aliphatic carbocycles. The summed E-state index contributed by atoms with van der Waals surface area (Å²) < 4.78 is 41.1. The fraction of sp³-hybridized carbons (Fsp3) is 0.300. The van der Waals surface area contributed by atoms with Gasteiger partial charge in [-0.15, -0.1) is 0 Å². The van der Waals surface area contributed by atoms with E-state index < -0.39 is 41.3 Å². The van der Waals surface area contributed by atoms with E-state index in [1.165, 1.54) is 4.90 Å². The van der Waals surface area contributed by atoms with E-state index >= 15 is 0 Å². The molecule has 3 unspecified atom stereocenters. The van der Waals surface area contributed by atoms with Gasteiger partial charge in [0.05, 0.1) is 5.92 Å². The number of amides is 1. The minimum Gasteiger partial charge on any atom is -0.481 e. The Balaban J connectivity index is 1.96. The second kappa shape index (κ2) is 7.42. The Hall–Kier alpha value is -2.83. The molecule has 1 N–H and O–H groups in total. The molecular weight excluding hydrogens is 359 g/mol. The van der Waals surface area contributed by atoms with Crippen molar-refractivity contribution in [3.05, 3.63) is 71.0 Å². The van der Waals surface area contributed by atoms with Crippen LogP contribution in [0.1, 0.15) is 30.4 Å². The van der Waals surface area contributed by atoms with Gasteiger partial charge < -0.3 is 10.0 Å². The summed E-state index contributed by atoms with van der Waals surface area (Å²) in [5, 5.41) is 9.70. The average Bonchev–Trinajstić information content (AvgIpc) is 2.61. The predicted octanol–water partition coefficient (Wildman–Crippen LogP) is 3.71. The van der Waals surface area contributed by atoms with Crippen molar-refractivity contribution >= 4 is 11.9 Å². The molecule has 1 heterocycles. The number of carboxylic acid groups (broad SMARTS) is 1. The monoisotopic (exact) mass is 377 g/mol. The molecular formula is C20H18F3NO3. The lowest BCUT2D eigenvalue weighted by molar-refractivity contribution is -0.153. The molecule has 7 heteroatoms. The smallest absolute Gasteiger partial charge is 0.309 e. The topological polar surface area (TPSA) is 57.6 Å². The fourth-order valence-corrected chi connectivity index (χ4v) is 3.71. The molecule has 0 aromatic heterocycles. The first-order chi connectivity index (χ1) is 12.8. The predicted molar refractivity (Wildman–Crippen MR) is 91.3 cm³/mol. The van der Waals surface area contributed by atoms with E-state index in [-0.39, 0.29) is 24.4 Å².